The third kappa shape index (κ3) is 20.1. The fourth-order valence-electron chi connectivity index (χ4n) is 19.6. The van der Waals surface area contributed by atoms with Gasteiger partial charge in [0.05, 0.1) is 34.1 Å². The molecule has 6 aromatic rings. The number of hydrogen-bond donors (Lipinski definition) is 7. The third-order valence-corrected chi connectivity index (χ3v) is 33.6. The lowest BCUT2D eigenvalue weighted by Crippen LogP contribution is -2.46. The molecule has 3 atom stereocenters. The highest BCUT2D eigenvalue weighted by Gasteiger charge is 2.41. The van der Waals surface area contributed by atoms with Gasteiger partial charge < -0.3 is 59.9 Å². The van der Waals surface area contributed by atoms with Gasteiger partial charge in [-0.2, -0.15) is 15.0 Å². The lowest BCUT2D eigenvalue weighted by Gasteiger charge is -2.36. The quantitative estimate of drug-likeness (QED) is 0.0296. The molecule has 624 valence electrons. The number of nitrogens with zero attached hydrogens (tertiary/aromatic N) is 13. The summed E-state index contributed by atoms with van der Waals surface area (Å²) in [5.74, 6) is 2.85. The van der Waals surface area contributed by atoms with E-state index in [0.717, 1.165) is 226 Å². The van der Waals surface area contributed by atoms with Crippen molar-refractivity contribution < 1.29 is 45.3 Å². The lowest BCUT2D eigenvalue weighted by molar-refractivity contribution is 0.0969. The first-order valence-corrected chi connectivity index (χ1v) is 47.9. The van der Waals surface area contributed by atoms with Crippen LogP contribution >= 0.6 is 0 Å². The van der Waals surface area contributed by atoms with Gasteiger partial charge in [-0.05, 0) is 262 Å². The summed E-state index contributed by atoms with van der Waals surface area (Å²) in [5.41, 5.74) is 6.60. The third-order valence-electron chi connectivity index (χ3n) is 26.4. The highest BCUT2D eigenvalue weighted by atomic mass is 32.2. The first-order chi connectivity index (χ1) is 54.0. The average molecular weight is 1610 g/mol. The van der Waals surface area contributed by atoms with Gasteiger partial charge in [-0.25, -0.2) is 53.1 Å². The monoisotopic (exact) mass is 1610 g/mol. The van der Waals surface area contributed by atoms with E-state index in [1.165, 1.54) is 16.7 Å². The minimum absolute atomic E-state index is 0.203. The molecule has 7 N–H and O–H groups in total. The molecule has 0 aromatic carbocycles. The van der Waals surface area contributed by atoms with Crippen molar-refractivity contribution in [2.45, 2.75) is 322 Å². The molecule has 3 saturated carbocycles. The Bertz CT molecular complexity index is 4160. The zero-order chi connectivity index (χ0) is 78.8. The van der Waals surface area contributed by atoms with Crippen LogP contribution in [0.25, 0.3) is 33.1 Å². The van der Waals surface area contributed by atoms with E-state index >= 15 is 0 Å². The van der Waals surface area contributed by atoms with Gasteiger partial charge in [0, 0.05) is 142 Å². The van der Waals surface area contributed by atoms with Crippen molar-refractivity contribution >= 4 is 81.0 Å². The van der Waals surface area contributed by atoms with Crippen molar-refractivity contribution in [1.82, 2.24) is 66.7 Å². The van der Waals surface area contributed by atoms with Crippen molar-refractivity contribution in [3.8, 4) is 0 Å². The van der Waals surface area contributed by atoms with E-state index in [-0.39, 0.29) is 40.0 Å². The van der Waals surface area contributed by atoms with Crippen molar-refractivity contribution in [1.29, 1.82) is 0 Å². The second-order valence-corrected chi connectivity index (χ2v) is 41.2. The molecule has 9 aliphatic rings. The number of aromatic nitrogens is 9. The average Bonchev–Trinajstić information content (AvgIpc) is 1.62. The van der Waals surface area contributed by atoms with Crippen LogP contribution in [0.4, 0.5) is 17.8 Å². The van der Waals surface area contributed by atoms with E-state index in [0.29, 0.717) is 144 Å². The number of aliphatic hydroxyl groups excluding tert-OH is 3. The van der Waals surface area contributed by atoms with E-state index in [4.69, 9.17) is 24.7 Å². The number of nitrogens with one attached hydrogen (secondary N) is 4. The fourth-order valence-corrected chi connectivity index (χ4v) is 25.5. The van der Waals surface area contributed by atoms with Gasteiger partial charge >= 0.3 is 0 Å². The smallest absolute Gasteiger partial charge is 0.224 e. The molecule has 0 bridgehead atoms. The fraction of sp³-hybridized carbons (Fsp3) is 0.780. The van der Waals surface area contributed by atoms with Gasteiger partial charge in [-0.3, -0.25) is 0 Å². The summed E-state index contributed by atoms with van der Waals surface area (Å²) < 4.78 is 97.3. The molecule has 112 heavy (non-hydrogen) atoms. The van der Waals surface area contributed by atoms with Gasteiger partial charge in [0.1, 0.15) is 16.9 Å². The Balaban J connectivity index is 0.000000147. The molecular weight excluding hydrogens is 1480 g/mol. The second-order valence-electron chi connectivity index (χ2n) is 34.6. The van der Waals surface area contributed by atoms with Crippen LogP contribution in [-0.2, 0) is 34.8 Å². The van der Waals surface area contributed by atoms with Crippen molar-refractivity contribution in [3.05, 3.63) is 53.9 Å². The molecule has 6 aliphatic heterocycles. The van der Waals surface area contributed by atoms with Crippen LogP contribution in [-0.4, -0.2) is 240 Å². The number of hydrogen-bond acceptors (Lipinski definition) is 21. The van der Waals surface area contributed by atoms with Crippen LogP contribution in [0.2, 0.25) is 0 Å². The Labute approximate surface area is 666 Å². The minimum atomic E-state index is -3.28. The molecule has 0 unspecified atom stereocenters. The van der Waals surface area contributed by atoms with Gasteiger partial charge in [-0.15, -0.1) is 0 Å². The predicted molar refractivity (Wildman–Crippen MR) is 445 cm³/mol. The van der Waals surface area contributed by atoms with Crippen LogP contribution in [0.5, 0.6) is 0 Å². The van der Waals surface area contributed by atoms with E-state index in [1.807, 2.05) is 18.6 Å². The number of rotatable bonds is 24. The van der Waals surface area contributed by atoms with E-state index < -0.39 is 30.1 Å². The van der Waals surface area contributed by atoms with Gasteiger partial charge in [0.15, 0.2) is 0 Å². The number of aliphatic hydroxyl groups is 3. The maximum atomic E-state index is 13.4. The zero-order valence-electron chi connectivity index (χ0n) is 68.1. The number of anilines is 3. The zero-order valence-corrected chi connectivity index (χ0v) is 70.5. The maximum absolute atomic E-state index is 13.4. The van der Waals surface area contributed by atoms with Gasteiger partial charge in [0.2, 0.25) is 47.9 Å². The summed E-state index contributed by atoms with van der Waals surface area (Å²) in [6, 6.07) is 1.86. The normalized spacial score (nSPS) is 26.0. The van der Waals surface area contributed by atoms with Crippen LogP contribution in [0.1, 0.15) is 287 Å². The summed E-state index contributed by atoms with van der Waals surface area (Å²) in [6.07, 6.45) is 38.0. The summed E-state index contributed by atoms with van der Waals surface area (Å²) in [6.45, 7) is 20.8. The molecule has 30 heteroatoms. The van der Waals surface area contributed by atoms with Gasteiger partial charge in [-0.1, -0.05) is 40.0 Å². The Kier molecular flexibility index (Phi) is 29.1. The molecular formula is C82H133N17O10S3. The summed E-state index contributed by atoms with van der Waals surface area (Å²) in [4.78, 5) is 31.2. The number of likely N-dealkylation sites (tertiary alicyclic amines) is 1. The number of ether oxygens (including phenoxy) is 1. The Morgan fingerprint density at radius 1 is 0.411 bits per heavy atom. The Hall–Kier alpha value is -5.25. The van der Waals surface area contributed by atoms with E-state index in [9.17, 15) is 40.6 Å². The minimum Gasteiger partial charge on any atom is -0.393 e. The largest absolute Gasteiger partial charge is 0.393 e. The maximum Gasteiger partial charge on any atom is 0.224 e. The van der Waals surface area contributed by atoms with Crippen LogP contribution < -0.4 is 21.3 Å². The summed E-state index contributed by atoms with van der Waals surface area (Å²) in [5, 5.41) is 46.3. The lowest BCUT2D eigenvalue weighted by atomic mass is 9.90. The molecule has 15 rings (SSSR count). The van der Waals surface area contributed by atoms with Crippen LogP contribution in [0, 0.1) is 0 Å². The Morgan fingerprint density at radius 3 is 0.991 bits per heavy atom. The van der Waals surface area contributed by atoms with E-state index in [2.05, 4.69) is 117 Å². The molecule has 0 radical (unpaired) electrons. The first-order valence-electron chi connectivity index (χ1n) is 43.4. The molecule has 12 heterocycles. The molecule has 9 fully saturated rings. The molecule has 0 amide bonds. The number of sulfonamides is 3. The highest BCUT2D eigenvalue weighted by Crippen LogP contribution is 2.44. The molecule has 6 aromatic heterocycles. The summed E-state index contributed by atoms with van der Waals surface area (Å²) in [7, 11) is -7.71. The molecule has 6 saturated heterocycles. The SMILES string of the molecule is CCC[C@H](C)Nc1ncc2c(C3CCN(S(=O)(=O)C4CCN(C)CC4)CC3)cn(C3CCC(O)CC3)c2n1.CCC[C@H](C)Nc1ncc2c(C3CCN(S(=O)(=O)C4CCNCC4)CC3)cn(C3CCC(O)CC3)c2n1.CCC[C@H](C)Nc1ncc2c(C3CCN(S(=O)(=O)C4CCOCC4)CC3)cn(C3CCC(O)CC3)c2n1. The highest BCUT2D eigenvalue weighted by molar-refractivity contribution is 7.90. The van der Waals surface area contributed by atoms with Gasteiger partial charge in [0.25, 0.3) is 0 Å². The first kappa shape index (κ1) is 84.7. The van der Waals surface area contributed by atoms with Crippen LogP contribution in [0.3, 0.4) is 0 Å². The number of fused-ring (bicyclic) bond motifs is 3. The molecule has 3 aliphatic carbocycles. The Morgan fingerprint density at radius 2 is 0.696 bits per heavy atom. The van der Waals surface area contributed by atoms with Crippen LogP contribution in [0.15, 0.2) is 37.2 Å². The second kappa shape index (κ2) is 38.4. The predicted octanol–water partition coefficient (Wildman–Crippen LogP) is 12.1. The standard InChI is InChI=1S/C28H46N6O3S.C27H44N6O3S.C27H43N5O4S/c1-4-5-20(2)30-28-29-18-25-26(19-34(27(25)31-28)22-6-8-23(35)9-7-22)21-10-16-33(17-11-21)38(36,37)24-12-14-32(3)15-13-24;1-3-4-19(2)30-27-29-17-24-25(18-33(26(24)31-27)21-5-7-22(34)8-6-21)20-11-15-32(16-12-20)37(35,36)23-9-13-28-14-10-23;1-3-4-19(2)29-27-28-17-24-25(18-32(26(24)30-27)21-5-7-22(33)8-6-21)20-9-13-31(14-10-20)37(34,35)23-11-15-36-16-12-23/h18-24,35H,4-17H2,1-3H3,(H,29,30,31);17-23,28,34H,3-16H2,1-2H3,(H,29,30,31);17-23,33H,3-16H2,1-2H3,(H,28,29,30)/t20-,22?,23?;2*19-,21?,22?/m000/s1. The topological polar surface area (TPSA) is 326 Å². The van der Waals surface area contributed by atoms with Crippen molar-refractivity contribution in [3.63, 3.8) is 0 Å². The van der Waals surface area contributed by atoms with Crippen molar-refractivity contribution in [2.24, 2.45) is 0 Å². The molecule has 0 spiro atoms. The van der Waals surface area contributed by atoms with Crippen molar-refractivity contribution in [2.75, 3.05) is 102 Å². The molecule has 27 nitrogen and oxygen atoms in total. The summed E-state index contributed by atoms with van der Waals surface area (Å²) >= 11 is 0. The van der Waals surface area contributed by atoms with E-state index in [1.54, 1.807) is 12.9 Å². The number of piperidine rings is 5.